The van der Waals surface area contributed by atoms with Crippen LogP contribution in [-0.2, 0) is 11.3 Å². The van der Waals surface area contributed by atoms with Gasteiger partial charge in [0.05, 0.1) is 24.7 Å². The number of Topliss-reactive ketones (excluding diaryl/α,β-unsaturated/α-hetero) is 1. The zero-order chi connectivity index (χ0) is 18.8. The highest BCUT2D eigenvalue weighted by Gasteiger charge is 2.17. The lowest BCUT2D eigenvalue weighted by Gasteiger charge is -2.11. The van der Waals surface area contributed by atoms with Gasteiger partial charge in [0.25, 0.3) is 0 Å². The van der Waals surface area contributed by atoms with Crippen molar-refractivity contribution in [3.05, 3.63) is 42.2 Å². The van der Waals surface area contributed by atoms with E-state index in [1.807, 2.05) is 13.8 Å². The number of phenols is 1. The van der Waals surface area contributed by atoms with Gasteiger partial charge < -0.3 is 14.4 Å². The third kappa shape index (κ3) is 3.54. The number of methoxy groups -OCH3 is 1. The number of rotatable bonds is 6. The van der Waals surface area contributed by atoms with E-state index >= 15 is 0 Å². The van der Waals surface area contributed by atoms with Gasteiger partial charge in [0.1, 0.15) is 11.6 Å². The molecule has 0 saturated carbocycles. The second-order valence-corrected chi connectivity index (χ2v) is 6.68. The van der Waals surface area contributed by atoms with Crippen LogP contribution in [0.1, 0.15) is 20.3 Å². The smallest absolute Gasteiger partial charge is 0.165 e. The van der Waals surface area contributed by atoms with Crippen LogP contribution in [0, 0.1) is 11.7 Å². The standard InChI is InChI=1S/C20H21FN2O3/c1-12(2)8-15(25)11-23-18-7-5-14(24)10-17(18)22-20(23)13-4-6-16(21)19(9-13)26-3/h4-7,9-10,12,24H,8,11H2,1-3H3. The molecule has 0 spiro atoms. The van der Waals surface area contributed by atoms with Gasteiger partial charge in [0.15, 0.2) is 17.3 Å². The van der Waals surface area contributed by atoms with E-state index in [9.17, 15) is 14.3 Å². The predicted octanol–water partition coefficient (Wildman–Crippen LogP) is 4.17. The van der Waals surface area contributed by atoms with Crippen molar-refractivity contribution in [2.45, 2.75) is 26.8 Å². The molecule has 1 aromatic heterocycles. The minimum absolute atomic E-state index is 0.0858. The van der Waals surface area contributed by atoms with Gasteiger partial charge in [0.2, 0.25) is 0 Å². The average Bonchev–Trinajstić information content (AvgIpc) is 2.92. The second-order valence-electron chi connectivity index (χ2n) is 6.68. The predicted molar refractivity (Wildman–Crippen MR) is 97.8 cm³/mol. The highest BCUT2D eigenvalue weighted by atomic mass is 19.1. The maximum atomic E-state index is 13.8. The average molecular weight is 356 g/mol. The fourth-order valence-electron chi connectivity index (χ4n) is 2.99. The third-order valence-electron chi connectivity index (χ3n) is 4.11. The minimum atomic E-state index is -0.465. The maximum Gasteiger partial charge on any atom is 0.165 e. The SMILES string of the molecule is COc1cc(-c2nc3cc(O)ccc3n2CC(=O)CC(C)C)ccc1F. The van der Waals surface area contributed by atoms with Crippen LogP contribution in [0.15, 0.2) is 36.4 Å². The summed E-state index contributed by atoms with van der Waals surface area (Å²) in [6.45, 7) is 4.15. The Hall–Kier alpha value is -2.89. The van der Waals surface area contributed by atoms with Gasteiger partial charge in [-0.1, -0.05) is 13.8 Å². The molecule has 0 atom stereocenters. The molecular weight excluding hydrogens is 335 g/mol. The van der Waals surface area contributed by atoms with Crippen LogP contribution in [0.3, 0.4) is 0 Å². The molecule has 1 N–H and O–H groups in total. The Morgan fingerprint density at radius 1 is 1.27 bits per heavy atom. The van der Waals surface area contributed by atoms with E-state index in [0.29, 0.717) is 23.3 Å². The fourth-order valence-corrected chi connectivity index (χ4v) is 2.99. The molecule has 26 heavy (non-hydrogen) atoms. The molecule has 1 heterocycles. The first kappa shape index (κ1) is 17.9. The van der Waals surface area contributed by atoms with E-state index in [1.165, 1.54) is 13.2 Å². The Balaban J connectivity index is 2.14. The Kier molecular flexibility index (Phi) is 4.93. The number of ketones is 1. The third-order valence-corrected chi connectivity index (χ3v) is 4.11. The number of fused-ring (bicyclic) bond motifs is 1. The number of phenolic OH excluding ortho intramolecular Hbond substituents is 1. The molecule has 0 saturated heterocycles. The monoisotopic (exact) mass is 356 g/mol. The normalized spacial score (nSPS) is 11.3. The van der Waals surface area contributed by atoms with Gasteiger partial charge in [-0.2, -0.15) is 0 Å². The molecule has 3 aromatic rings. The van der Waals surface area contributed by atoms with Crippen molar-refractivity contribution in [3.63, 3.8) is 0 Å². The molecule has 0 aliphatic carbocycles. The molecule has 2 aromatic carbocycles. The summed E-state index contributed by atoms with van der Waals surface area (Å²) in [6, 6.07) is 9.30. The summed E-state index contributed by atoms with van der Waals surface area (Å²) in [5.41, 5.74) is 1.94. The number of aromatic hydroxyl groups is 1. The molecule has 0 fully saturated rings. The van der Waals surface area contributed by atoms with Gasteiger partial charge in [-0.25, -0.2) is 9.37 Å². The van der Waals surface area contributed by atoms with E-state index in [0.717, 1.165) is 5.52 Å². The summed E-state index contributed by atoms with van der Waals surface area (Å²) in [7, 11) is 1.40. The minimum Gasteiger partial charge on any atom is -0.508 e. The van der Waals surface area contributed by atoms with Crippen molar-refractivity contribution in [1.82, 2.24) is 9.55 Å². The van der Waals surface area contributed by atoms with Crippen molar-refractivity contribution in [3.8, 4) is 22.9 Å². The van der Waals surface area contributed by atoms with Gasteiger partial charge in [-0.3, -0.25) is 4.79 Å². The largest absolute Gasteiger partial charge is 0.508 e. The van der Waals surface area contributed by atoms with Crippen LogP contribution in [0.4, 0.5) is 4.39 Å². The Morgan fingerprint density at radius 3 is 2.73 bits per heavy atom. The molecule has 0 unspecified atom stereocenters. The Morgan fingerprint density at radius 2 is 2.04 bits per heavy atom. The lowest BCUT2D eigenvalue weighted by atomic mass is 10.1. The van der Waals surface area contributed by atoms with Crippen LogP contribution in [0.25, 0.3) is 22.4 Å². The molecule has 0 aliphatic rings. The zero-order valence-electron chi connectivity index (χ0n) is 15.0. The van der Waals surface area contributed by atoms with Crippen molar-refractivity contribution in [2.75, 3.05) is 7.11 Å². The zero-order valence-corrected chi connectivity index (χ0v) is 15.0. The van der Waals surface area contributed by atoms with E-state index in [-0.39, 0.29) is 29.7 Å². The molecule has 5 nitrogen and oxygen atoms in total. The van der Waals surface area contributed by atoms with E-state index in [2.05, 4.69) is 4.98 Å². The quantitative estimate of drug-likeness (QED) is 0.720. The number of imidazole rings is 1. The van der Waals surface area contributed by atoms with Crippen LogP contribution in [0.2, 0.25) is 0 Å². The van der Waals surface area contributed by atoms with Crippen LogP contribution >= 0.6 is 0 Å². The summed E-state index contributed by atoms with van der Waals surface area (Å²) in [5.74, 6) is 0.614. The molecular formula is C20H21FN2O3. The lowest BCUT2D eigenvalue weighted by Crippen LogP contribution is -2.13. The maximum absolute atomic E-state index is 13.8. The Bertz CT molecular complexity index is 963. The number of ether oxygens (including phenoxy) is 1. The molecule has 0 aliphatic heterocycles. The first-order chi connectivity index (χ1) is 12.4. The number of hydrogen-bond acceptors (Lipinski definition) is 4. The first-order valence-electron chi connectivity index (χ1n) is 8.44. The molecule has 6 heteroatoms. The van der Waals surface area contributed by atoms with Crippen molar-refractivity contribution < 1.29 is 19.0 Å². The van der Waals surface area contributed by atoms with Gasteiger partial charge in [-0.15, -0.1) is 0 Å². The lowest BCUT2D eigenvalue weighted by molar-refractivity contribution is -0.120. The van der Waals surface area contributed by atoms with Gasteiger partial charge in [-0.05, 0) is 36.2 Å². The van der Waals surface area contributed by atoms with Crippen molar-refractivity contribution in [2.24, 2.45) is 5.92 Å². The van der Waals surface area contributed by atoms with Crippen molar-refractivity contribution in [1.29, 1.82) is 0 Å². The molecule has 136 valence electrons. The van der Waals surface area contributed by atoms with E-state index in [4.69, 9.17) is 4.74 Å². The highest BCUT2D eigenvalue weighted by Crippen LogP contribution is 2.30. The van der Waals surface area contributed by atoms with Crippen LogP contribution in [-0.4, -0.2) is 27.6 Å². The number of benzene rings is 2. The van der Waals surface area contributed by atoms with Gasteiger partial charge in [0, 0.05) is 18.1 Å². The van der Waals surface area contributed by atoms with E-state index < -0.39 is 5.82 Å². The summed E-state index contributed by atoms with van der Waals surface area (Å²) < 4.78 is 20.6. The molecule has 3 rings (SSSR count). The van der Waals surface area contributed by atoms with Crippen molar-refractivity contribution >= 4 is 16.8 Å². The number of carbonyl (C=O) groups is 1. The number of carbonyl (C=O) groups excluding carboxylic acids is 1. The number of hydrogen-bond donors (Lipinski definition) is 1. The van der Waals surface area contributed by atoms with Crippen LogP contribution in [0.5, 0.6) is 11.5 Å². The topological polar surface area (TPSA) is 64.3 Å². The summed E-state index contributed by atoms with van der Waals surface area (Å²) in [6.07, 6.45) is 0.462. The summed E-state index contributed by atoms with van der Waals surface area (Å²) >= 11 is 0. The van der Waals surface area contributed by atoms with Gasteiger partial charge >= 0.3 is 0 Å². The Labute approximate surface area is 151 Å². The second kappa shape index (κ2) is 7.15. The first-order valence-corrected chi connectivity index (χ1v) is 8.44. The molecule has 0 amide bonds. The number of aromatic nitrogens is 2. The number of nitrogens with zero attached hydrogens (tertiary/aromatic N) is 2. The molecule has 0 radical (unpaired) electrons. The summed E-state index contributed by atoms with van der Waals surface area (Å²) in [4.78, 5) is 17.0. The fraction of sp³-hybridized carbons (Fsp3) is 0.300. The summed E-state index contributed by atoms with van der Waals surface area (Å²) in [5, 5.41) is 9.73. The molecule has 0 bridgehead atoms. The number of halogens is 1. The van der Waals surface area contributed by atoms with Crippen LogP contribution < -0.4 is 4.74 Å². The highest BCUT2D eigenvalue weighted by molar-refractivity contribution is 5.86. The van der Waals surface area contributed by atoms with E-state index in [1.54, 1.807) is 34.9 Å².